The van der Waals surface area contributed by atoms with Gasteiger partial charge in [0.1, 0.15) is 0 Å². The number of tetrazole rings is 1. The zero-order valence-electron chi connectivity index (χ0n) is 17.2. The maximum atomic E-state index is 13.0. The second-order valence-corrected chi connectivity index (χ2v) is 8.21. The molecule has 0 amide bonds. The Kier molecular flexibility index (Phi) is 5.88. The number of thioether (sulfide) groups is 1. The van der Waals surface area contributed by atoms with E-state index < -0.39 is 11.2 Å². The lowest BCUT2D eigenvalue weighted by Gasteiger charge is -2.11. The number of aromatic amines is 1. The van der Waals surface area contributed by atoms with Crippen LogP contribution < -0.4 is 0 Å². The van der Waals surface area contributed by atoms with E-state index in [9.17, 15) is 9.59 Å². The Morgan fingerprint density at radius 2 is 1.93 bits per heavy atom. The fourth-order valence-corrected chi connectivity index (χ4v) is 4.13. The Morgan fingerprint density at radius 3 is 2.59 bits per heavy atom. The molecule has 0 saturated carbocycles. The normalized spacial score (nSPS) is 12.1. The molecule has 1 N–H and O–H groups in total. The van der Waals surface area contributed by atoms with Gasteiger partial charge in [0.25, 0.3) is 0 Å². The first-order valence-electron chi connectivity index (χ1n) is 9.09. The fourth-order valence-electron chi connectivity index (χ4n) is 3.27. The first-order chi connectivity index (χ1) is 13.7. The van der Waals surface area contributed by atoms with Gasteiger partial charge in [-0.3, -0.25) is 4.79 Å². The summed E-state index contributed by atoms with van der Waals surface area (Å²) >= 11 is 1.27. The molecule has 2 heterocycles. The lowest BCUT2D eigenvalue weighted by molar-refractivity contribution is 0.0599. The van der Waals surface area contributed by atoms with E-state index in [0.29, 0.717) is 27.7 Å². The lowest BCUT2D eigenvalue weighted by atomic mass is 10.1. The van der Waals surface area contributed by atoms with Crippen LogP contribution in [-0.4, -0.2) is 49.3 Å². The van der Waals surface area contributed by atoms with Gasteiger partial charge in [0.2, 0.25) is 5.16 Å². The van der Waals surface area contributed by atoms with Gasteiger partial charge >= 0.3 is 5.97 Å². The number of methoxy groups -OCH3 is 1. The molecule has 0 saturated heterocycles. The molecule has 29 heavy (non-hydrogen) atoms. The number of benzene rings is 1. The summed E-state index contributed by atoms with van der Waals surface area (Å²) in [6, 6.07) is 6.00. The van der Waals surface area contributed by atoms with Crippen molar-refractivity contribution >= 4 is 23.5 Å². The number of Topliss-reactive ketones (excluding diaryl/α,β-unsaturated/α-hetero) is 1. The second-order valence-electron chi connectivity index (χ2n) is 6.90. The van der Waals surface area contributed by atoms with Crippen LogP contribution in [0, 0.1) is 27.7 Å². The number of H-pyrrole nitrogens is 1. The van der Waals surface area contributed by atoms with Crippen molar-refractivity contribution in [3.8, 4) is 5.69 Å². The van der Waals surface area contributed by atoms with Crippen molar-refractivity contribution in [3.63, 3.8) is 0 Å². The molecule has 2 aromatic heterocycles. The van der Waals surface area contributed by atoms with E-state index in [1.54, 1.807) is 25.5 Å². The number of esters is 1. The molecule has 0 aliphatic heterocycles. The molecule has 152 valence electrons. The Labute approximate surface area is 173 Å². The summed E-state index contributed by atoms with van der Waals surface area (Å²) in [5.41, 5.74) is 5.03. The van der Waals surface area contributed by atoms with Crippen molar-refractivity contribution in [1.29, 1.82) is 0 Å². The third-order valence-electron chi connectivity index (χ3n) is 4.75. The number of carbonyl (C=O) groups excluding carboxylic acids is 2. The summed E-state index contributed by atoms with van der Waals surface area (Å²) in [6.07, 6.45) is 0. The predicted octanol–water partition coefficient (Wildman–Crippen LogP) is 3.37. The van der Waals surface area contributed by atoms with Crippen molar-refractivity contribution in [2.45, 2.75) is 45.0 Å². The van der Waals surface area contributed by atoms with Crippen molar-refractivity contribution in [1.82, 2.24) is 25.2 Å². The number of ketones is 1. The van der Waals surface area contributed by atoms with Gasteiger partial charge in [-0.2, -0.15) is 4.68 Å². The van der Waals surface area contributed by atoms with Crippen molar-refractivity contribution in [3.05, 3.63) is 51.8 Å². The van der Waals surface area contributed by atoms with Crippen LogP contribution in [0.15, 0.2) is 23.4 Å². The minimum Gasteiger partial charge on any atom is -0.465 e. The summed E-state index contributed by atoms with van der Waals surface area (Å²) in [5, 5.41) is 12.0. The number of nitrogens with one attached hydrogen (secondary N) is 1. The average molecular weight is 414 g/mol. The molecule has 0 spiro atoms. The highest BCUT2D eigenvalue weighted by molar-refractivity contribution is 8.00. The van der Waals surface area contributed by atoms with Gasteiger partial charge in [0.05, 0.1) is 29.3 Å². The van der Waals surface area contributed by atoms with Crippen LogP contribution in [0.5, 0.6) is 0 Å². The maximum absolute atomic E-state index is 13.0. The van der Waals surface area contributed by atoms with Gasteiger partial charge in [0.15, 0.2) is 5.78 Å². The minimum absolute atomic E-state index is 0.138. The molecule has 1 atom stereocenters. The number of aryl methyl sites for hydroxylation is 3. The summed E-state index contributed by atoms with van der Waals surface area (Å²) in [4.78, 5) is 28.1. The monoisotopic (exact) mass is 413 g/mol. The molecule has 0 aliphatic rings. The van der Waals surface area contributed by atoms with Crippen LogP contribution in [0.3, 0.4) is 0 Å². The molecule has 1 aromatic carbocycles. The zero-order valence-corrected chi connectivity index (χ0v) is 18.0. The van der Waals surface area contributed by atoms with E-state index in [2.05, 4.69) is 26.6 Å². The van der Waals surface area contributed by atoms with Gasteiger partial charge in [-0.25, -0.2) is 4.79 Å². The highest BCUT2D eigenvalue weighted by Gasteiger charge is 2.27. The zero-order chi connectivity index (χ0) is 21.3. The number of aromatic nitrogens is 5. The number of nitrogens with zero attached hydrogens (tertiary/aromatic N) is 4. The van der Waals surface area contributed by atoms with Gasteiger partial charge in [-0.05, 0) is 62.2 Å². The molecule has 0 radical (unpaired) electrons. The molecule has 0 aliphatic carbocycles. The quantitative estimate of drug-likeness (QED) is 0.375. The van der Waals surface area contributed by atoms with E-state index in [0.717, 1.165) is 16.8 Å². The third kappa shape index (κ3) is 3.95. The fraction of sp³-hybridized carbons (Fsp3) is 0.350. The Hall–Kier alpha value is -2.94. The molecule has 3 aromatic rings. The SMILES string of the molecule is COC(=O)c1c(C)[nH]c(C(=O)[C@@H](C)Sc2nnnn2-c2ccc(C)cc2C)c1C. The highest BCUT2D eigenvalue weighted by atomic mass is 32.2. The third-order valence-corrected chi connectivity index (χ3v) is 5.78. The largest absolute Gasteiger partial charge is 0.465 e. The standard InChI is InChI=1S/C20H23N5O3S/c1-10-7-8-15(11(2)9-10)25-20(22-23-24-25)29-14(5)18(26)17-12(3)16(13(4)21-17)19(27)28-6/h7-9,14,21H,1-6H3/t14-/m1/s1. The van der Waals surface area contributed by atoms with Crippen molar-refractivity contribution < 1.29 is 14.3 Å². The molecule has 0 unspecified atom stereocenters. The summed E-state index contributed by atoms with van der Waals surface area (Å²) in [7, 11) is 1.32. The minimum atomic E-state index is -0.465. The van der Waals surface area contributed by atoms with Crippen LogP contribution in [0.25, 0.3) is 5.69 Å². The van der Waals surface area contributed by atoms with Crippen LogP contribution in [0.2, 0.25) is 0 Å². The van der Waals surface area contributed by atoms with Gasteiger partial charge < -0.3 is 9.72 Å². The Bertz CT molecular complexity index is 1090. The van der Waals surface area contributed by atoms with E-state index >= 15 is 0 Å². The highest BCUT2D eigenvalue weighted by Crippen LogP contribution is 2.28. The molecule has 0 bridgehead atoms. The van der Waals surface area contributed by atoms with E-state index in [1.807, 2.05) is 26.0 Å². The molecule has 9 heteroatoms. The van der Waals surface area contributed by atoms with Gasteiger partial charge in [-0.1, -0.05) is 29.5 Å². The number of ether oxygens (including phenoxy) is 1. The first kappa shape index (κ1) is 20.8. The first-order valence-corrected chi connectivity index (χ1v) is 9.96. The van der Waals surface area contributed by atoms with Crippen molar-refractivity contribution in [2.75, 3.05) is 7.11 Å². The van der Waals surface area contributed by atoms with E-state index in [4.69, 9.17) is 4.74 Å². The predicted molar refractivity (Wildman–Crippen MR) is 110 cm³/mol. The lowest BCUT2D eigenvalue weighted by Crippen LogP contribution is -2.16. The molecule has 3 rings (SSSR count). The molecule has 0 fully saturated rings. The van der Waals surface area contributed by atoms with Crippen LogP contribution >= 0.6 is 11.8 Å². The summed E-state index contributed by atoms with van der Waals surface area (Å²) in [6.45, 7) is 9.29. The topological polar surface area (TPSA) is 103 Å². The second kappa shape index (κ2) is 8.20. The van der Waals surface area contributed by atoms with Crippen LogP contribution in [-0.2, 0) is 4.74 Å². The maximum Gasteiger partial charge on any atom is 0.339 e. The van der Waals surface area contributed by atoms with Crippen molar-refractivity contribution in [2.24, 2.45) is 0 Å². The molecular formula is C20H23N5O3S. The number of rotatable bonds is 6. The number of carbonyl (C=O) groups is 2. The Balaban J connectivity index is 1.87. The van der Waals surface area contributed by atoms with Crippen LogP contribution in [0.1, 0.15) is 50.2 Å². The number of hydrogen-bond acceptors (Lipinski definition) is 7. The van der Waals surface area contributed by atoms with E-state index in [-0.39, 0.29) is 5.78 Å². The number of hydrogen-bond donors (Lipinski definition) is 1. The molecular weight excluding hydrogens is 390 g/mol. The van der Waals surface area contributed by atoms with Gasteiger partial charge in [-0.15, -0.1) is 5.10 Å². The Morgan fingerprint density at radius 1 is 1.21 bits per heavy atom. The van der Waals surface area contributed by atoms with E-state index in [1.165, 1.54) is 18.9 Å². The summed E-state index contributed by atoms with van der Waals surface area (Å²) in [5.74, 6) is -0.602. The summed E-state index contributed by atoms with van der Waals surface area (Å²) < 4.78 is 6.45. The van der Waals surface area contributed by atoms with Gasteiger partial charge in [0, 0.05) is 5.69 Å². The molecule has 8 nitrogen and oxygen atoms in total. The van der Waals surface area contributed by atoms with Crippen LogP contribution in [0.4, 0.5) is 0 Å². The average Bonchev–Trinajstić information content (AvgIpc) is 3.24. The smallest absolute Gasteiger partial charge is 0.339 e.